The summed E-state index contributed by atoms with van der Waals surface area (Å²) in [6.07, 6.45) is 0. The summed E-state index contributed by atoms with van der Waals surface area (Å²) in [6.45, 7) is 3.61. The molecule has 1 aromatic rings. The summed E-state index contributed by atoms with van der Waals surface area (Å²) in [5.74, 6) is -0.574. The van der Waals surface area contributed by atoms with Crippen molar-refractivity contribution >= 4 is 45.8 Å². The maximum absolute atomic E-state index is 11.6. The van der Waals surface area contributed by atoms with Crippen molar-refractivity contribution in [2.45, 2.75) is 19.9 Å². The van der Waals surface area contributed by atoms with Crippen LogP contribution in [0, 0.1) is 5.92 Å². The Hall–Kier alpha value is -1.11. The van der Waals surface area contributed by atoms with Gasteiger partial charge in [0, 0.05) is 10.2 Å². The normalized spacial score (nSPS) is 11.4. The summed E-state index contributed by atoms with van der Waals surface area (Å²) in [7, 11) is 0. The fraction of sp³-hybridized carbons (Fsp3) is 0.385. The molecule has 0 aliphatic carbocycles. The lowest BCUT2D eigenvalue weighted by Crippen LogP contribution is -2.46. The molecule has 0 aromatic heterocycles. The highest BCUT2D eigenvalue weighted by molar-refractivity contribution is 9.10. The Labute approximate surface area is 133 Å². The second kappa shape index (κ2) is 8.94. The van der Waals surface area contributed by atoms with Gasteiger partial charge in [0.1, 0.15) is 0 Å². The molecule has 0 saturated heterocycles. The van der Waals surface area contributed by atoms with Crippen LogP contribution in [0.15, 0.2) is 28.7 Å². The van der Waals surface area contributed by atoms with Gasteiger partial charge in [-0.05, 0) is 24.1 Å². The predicted molar refractivity (Wildman–Crippen MR) is 85.8 cm³/mol. The fourth-order valence-corrected chi connectivity index (χ4v) is 1.76. The minimum atomic E-state index is -0.598. The standard InChI is InChI=1S/C13H18BrN3O2.ClH/c1-8(2)12(15)13(19)16-7-11(18)17-10-5-3-4-9(14)6-10;/h3-6,8,12H,7,15H2,1-2H3,(H,16,19)(H,17,18);1H/t12-;/m0./s1. The number of nitrogens with one attached hydrogen (secondary N) is 2. The molecule has 1 atom stereocenters. The molecule has 0 bridgehead atoms. The van der Waals surface area contributed by atoms with Crippen LogP contribution in [-0.4, -0.2) is 24.4 Å². The van der Waals surface area contributed by atoms with Crippen LogP contribution in [0.5, 0.6) is 0 Å². The van der Waals surface area contributed by atoms with Gasteiger partial charge in [0.25, 0.3) is 0 Å². The van der Waals surface area contributed by atoms with E-state index in [0.29, 0.717) is 5.69 Å². The summed E-state index contributed by atoms with van der Waals surface area (Å²) >= 11 is 3.31. The first-order valence-electron chi connectivity index (χ1n) is 5.99. The van der Waals surface area contributed by atoms with Crippen LogP contribution in [0.3, 0.4) is 0 Å². The maximum Gasteiger partial charge on any atom is 0.243 e. The van der Waals surface area contributed by atoms with Gasteiger partial charge in [0.05, 0.1) is 12.6 Å². The van der Waals surface area contributed by atoms with Gasteiger partial charge in [-0.3, -0.25) is 9.59 Å². The zero-order valence-corrected chi connectivity index (χ0v) is 13.8. The average molecular weight is 365 g/mol. The van der Waals surface area contributed by atoms with Crippen LogP contribution < -0.4 is 16.4 Å². The minimum Gasteiger partial charge on any atom is -0.346 e. The van der Waals surface area contributed by atoms with Crippen LogP contribution in [0.4, 0.5) is 5.69 Å². The number of halogens is 2. The van der Waals surface area contributed by atoms with Crippen LogP contribution in [0.1, 0.15) is 13.8 Å². The van der Waals surface area contributed by atoms with E-state index >= 15 is 0 Å². The maximum atomic E-state index is 11.6. The van der Waals surface area contributed by atoms with Gasteiger partial charge in [0.2, 0.25) is 11.8 Å². The molecule has 1 aromatic carbocycles. The molecule has 2 amide bonds. The molecule has 20 heavy (non-hydrogen) atoms. The molecule has 7 heteroatoms. The Balaban J connectivity index is 0.00000361. The Morgan fingerprint density at radius 1 is 1.35 bits per heavy atom. The summed E-state index contributed by atoms with van der Waals surface area (Å²) < 4.78 is 0.871. The first-order valence-corrected chi connectivity index (χ1v) is 6.78. The van der Waals surface area contributed by atoms with Gasteiger partial charge in [-0.25, -0.2) is 0 Å². The Morgan fingerprint density at radius 2 is 2.00 bits per heavy atom. The van der Waals surface area contributed by atoms with Crippen molar-refractivity contribution < 1.29 is 9.59 Å². The van der Waals surface area contributed by atoms with E-state index in [4.69, 9.17) is 5.73 Å². The van der Waals surface area contributed by atoms with Gasteiger partial charge >= 0.3 is 0 Å². The topological polar surface area (TPSA) is 84.2 Å². The third-order valence-corrected chi connectivity index (χ3v) is 3.05. The van der Waals surface area contributed by atoms with Crippen molar-refractivity contribution in [2.24, 2.45) is 11.7 Å². The largest absolute Gasteiger partial charge is 0.346 e. The average Bonchev–Trinajstić information content (AvgIpc) is 2.34. The monoisotopic (exact) mass is 363 g/mol. The third kappa shape index (κ3) is 6.36. The lowest BCUT2D eigenvalue weighted by molar-refractivity contribution is -0.125. The van der Waals surface area contributed by atoms with E-state index in [1.807, 2.05) is 26.0 Å². The second-order valence-electron chi connectivity index (χ2n) is 4.55. The van der Waals surface area contributed by atoms with Gasteiger partial charge < -0.3 is 16.4 Å². The molecule has 0 aliphatic rings. The van der Waals surface area contributed by atoms with Gasteiger partial charge in [0.15, 0.2) is 0 Å². The van der Waals surface area contributed by atoms with Crippen molar-refractivity contribution in [1.82, 2.24) is 5.32 Å². The van der Waals surface area contributed by atoms with Crippen molar-refractivity contribution in [1.29, 1.82) is 0 Å². The number of hydrogen-bond acceptors (Lipinski definition) is 3. The van der Waals surface area contributed by atoms with Crippen LogP contribution in [0.25, 0.3) is 0 Å². The number of anilines is 1. The fourth-order valence-electron chi connectivity index (χ4n) is 1.36. The quantitative estimate of drug-likeness (QED) is 0.746. The molecule has 4 N–H and O–H groups in total. The molecular formula is C13H19BrClN3O2. The molecule has 0 unspecified atom stereocenters. The van der Waals surface area contributed by atoms with E-state index in [1.165, 1.54) is 0 Å². The van der Waals surface area contributed by atoms with Crippen molar-refractivity contribution in [3.8, 4) is 0 Å². The number of carbonyl (C=O) groups excluding carboxylic acids is 2. The Bertz CT molecular complexity index is 469. The molecule has 1 rings (SSSR count). The Kier molecular flexibility index (Phi) is 8.45. The zero-order chi connectivity index (χ0) is 14.4. The number of hydrogen-bond donors (Lipinski definition) is 3. The predicted octanol–water partition coefficient (Wildman–Crippen LogP) is 1.91. The molecule has 0 spiro atoms. The highest BCUT2D eigenvalue weighted by Gasteiger charge is 2.17. The van der Waals surface area contributed by atoms with Crippen molar-refractivity contribution in [3.63, 3.8) is 0 Å². The molecular weight excluding hydrogens is 346 g/mol. The third-order valence-electron chi connectivity index (χ3n) is 2.55. The molecule has 0 heterocycles. The molecule has 112 valence electrons. The summed E-state index contributed by atoms with van der Waals surface area (Å²) in [5.41, 5.74) is 6.34. The van der Waals surface area contributed by atoms with Crippen LogP contribution in [-0.2, 0) is 9.59 Å². The second-order valence-corrected chi connectivity index (χ2v) is 5.46. The van der Waals surface area contributed by atoms with E-state index < -0.39 is 6.04 Å². The van der Waals surface area contributed by atoms with Crippen molar-refractivity contribution in [2.75, 3.05) is 11.9 Å². The van der Waals surface area contributed by atoms with E-state index in [-0.39, 0.29) is 36.7 Å². The van der Waals surface area contributed by atoms with E-state index in [9.17, 15) is 9.59 Å². The van der Waals surface area contributed by atoms with Crippen LogP contribution in [0.2, 0.25) is 0 Å². The molecule has 5 nitrogen and oxygen atoms in total. The zero-order valence-electron chi connectivity index (χ0n) is 11.4. The number of benzene rings is 1. The SMILES string of the molecule is CC(C)[C@H](N)C(=O)NCC(=O)Nc1cccc(Br)c1.Cl. The first kappa shape index (κ1) is 18.9. The molecule has 0 fully saturated rings. The van der Waals surface area contributed by atoms with Crippen molar-refractivity contribution in [3.05, 3.63) is 28.7 Å². The lowest BCUT2D eigenvalue weighted by Gasteiger charge is -2.15. The van der Waals surface area contributed by atoms with E-state index in [1.54, 1.807) is 12.1 Å². The van der Waals surface area contributed by atoms with Gasteiger partial charge in [-0.1, -0.05) is 35.8 Å². The van der Waals surface area contributed by atoms with Gasteiger partial charge in [-0.2, -0.15) is 0 Å². The number of rotatable bonds is 5. The first-order chi connectivity index (χ1) is 8.90. The van der Waals surface area contributed by atoms with Crippen LogP contribution >= 0.6 is 28.3 Å². The van der Waals surface area contributed by atoms with E-state index in [2.05, 4.69) is 26.6 Å². The Morgan fingerprint density at radius 3 is 2.55 bits per heavy atom. The molecule has 0 saturated carbocycles. The minimum absolute atomic E-state index is 0. The van der Waals surface area contributed by atoms with E-state index in [0.717, 1.165) is 4.47 Å². The lowest BCUT2D eigenvalue weighted by atomic mass is 10.1. The number of nitrogens with two attached hydrogens (primary N) is 1. The summed E-state index contributed by atoms with van der Waals surface area (Å²) in [5, 5.41) is 5.19. The number of carbonyl (C=O) groups is 2. The summed E-state index contributed by atoms with van der Waals surface area (Å²) in [4.78, 5) is 23.2. The summed E-state index contributed by atoms with van der Waals surface area (Å²) in [6, 6.07) is 6.62. The highest BCUT2D eigenvalue weighted by atomic mass is 79.9. The molecule has 0 radical (unpaired) electrons. The molecule has 0 aliphatic heterocycles. The smallest absolute Gasteiger partial charge is 0.243 e. The number of amides is 2. The highest BCUT2D eigenvalue weighted by Crippen LogP contribution is 2.15. The van der Waals surface area contributed by atoms with Gasteiger partial charge in [-0.15, -0.1) is 12.4 Å².